The van der Waals surface area contributed by atoms with Crippen LogP contribution in [0.5, 0.6) is 0 Å². The van der Waals surface area contributed by atoms with Gasteiger partial charge in [0, 0.05) is 31.0 Å². The predicted octanol–water partition coefficient (Wildman–Crippen LogP) is 3.63. The van der Waals surface area contributed by atoms with Crippen molar-refractivity contribution >= 4 is 23.2 Å². The maximum absolute atomic E-state index is 12.8. The van der Waals surface area contributed by atoms with Crippen LogP contribution in [0.1, 0.15) is 36.8 Å². The molecule has 0 spiro atoms. The Morgan fingerprint density at radius 3 is 2.29 bits per heavy atom. The molecule has 5 heteroatoms. The van der Waals surface area contributed by atoms with Crippen LogP contribution < -0.4 is 15.5 Å². The lowest BCUT2D eigenvalue weighted by Gasteiger charge is -2.19. The molecule has 0 unspecified atom stereocenters. The van der Waals surface area contributed by atoms with Gasteiger partial charge in [-0.25, -0.2) is 0 Å². The number of hydrogen-bond donors (Lipinski definition) is 2. The predicted molar refractivity (Wildman–Crippen MR) is 111 cm³/mol. The van der Waals surface area contributed by atoms with Crippen molar-refractivity contribution in [3.05, 3.63) is 59.7 Å². The SMILES string of the molecule is Cc1ccccc1CNC(=O)C1(C(=O)Nc2ccc(N3CCCC3)cc2)CC1. The fourth-order valence-corrected chi connectivity index (χ4v) is 3.82. The van der Waals surface area contributed by atoms with Crippen molar-refractivity contribution in [1.82, 2.24) is 5.32 Å². The van der Waals surface area contributed by atoms with Crippen molar-refractivity contribution in [2.75, 3.05) is 23.3 Å². The minimum absolute atomic E-state index is 0.179. The fourth-order valence-electron chi connectivity index (χ4n) is 3.82. The maximum atomic E-state index is 12.8. The molecule has 28 heavy (non-hydrogen) atoms. The number of rotatable bonds is 6. The van der Waals surface area contributed by atoms with Gasteiger partial charge in [0.2, 0.25) is 11.8 Å². The molecule has 1 heterocycles. The van der Waals surface area contributed by atoms with Crippen LogP contribution in [0.2, 0.25) is 0 Å². The first-order valence-corrected chi connectivity index (χ1v) is 10.1. The van der Waals surface area contributed by atoms with Crippen LogP contribution in [-0.2, 0) is 16.1 Å². The molecule has 1 saturated heterocycles. The van der Waals surface area contributed by atoms with Crippen LogP contribution in [0.15, 0.2) is 48.5 Å². The Morgan fingerprint density at radius 2 is 1.64 bits per heavy atom. The Hall–Kier alpha value is -2.82. The minimum atomic E-state index is -0.920. The van der Waals surface area contributed by atoms with Crippen LogP contribution in [-0.4, -0.2) is 24.9 Å². The lowest BCUT2D eigenvalue weighted by atomic mass is 10.0. The Kier molecular flexibility index (Phi) is 5.07. The van der Waals surface area contributed by atoms with Gasteiger partial charge < -0.3 is 15.5 Å². The molecule has 5 nitrogen and oxygen atoms in total. The summed E-state index contributed by atoms with van der Waals surface area (Å²) in [5.41, 5.74) is 3.22. The number of hydrogen-bond acceptors (Lipinski definition) is 3. The summed E-state index contributed by atoms with van der Waals surface area (Å²) in [6, 6.07) is 15.9. The number of benzene rings is 2. The normalized spacial score (nSPS) is 17.2. The summed E-state index contributed by atoms with van der Waals surface area (Å²) in [5, 5.41) is 5.88. The van der Waals surface area contributed by atoms with Gasteiger partial charge in [0.05, 0.1) is 0 Å². The van der Waals surface area contributed by atoms with Crippen LogP contribution in [0.3, 0.4) is 0 Å². The van der Waals surface area contributed by atoms with Crippen LogP contribution in [0, 0.1) is 12.3 Å². The molecule has 146 valence electrons. The molecule has 1 aliphatic carbocycles. The van der Waals surface area contributed by atoms with Crippen molar-refractivity contribution < 1.29 is 9.59 Å². The quantitative estimate of drug-likeness (QED) is 0.756. The molecule has 0 radical (unpaired) electrons. The second-order valence-corrected chi connectivity index (χ2v) is 7.89. The van der Waals surface area contributed by atoms with Gasteiger partial charge in [-0.2, -0.15) is 0 Å². The molecule has 0 bridgehead atoms. The van der Waals surface area contributed by atoms with E-state index in [1.165, 1.54) is 18.5 Å². The average Bonchev–Trinajstić information content (AvgIpc) is 3.35. The molecule has 4 rings (SSSR count). The van der Waals surface area contributed by atoms with E-state index in [1.54, 1.807) is 0 Å². The first-order chi connectivity index (χ1) is 13.6. The zero-order chi connectivity index (χ0) is 19.6. The molecule has 0 atom stereocenters. The van der Waals surface area contributed by atoms with Crippen molar-refractivity contribution in [3.63, 3.8) is 0 Å². The molecular formula is C23H27N3O2. The van der Waals surface area contributed by atoms with E-state index in [0.29, 0.717) is 19.4 Å². The number of aryl methyl sites for hydroxylation is 1. The van der Waals surface area contributed by atoms with Crippen molar-refractivity contribution in [3.8, 4) is 0 Å². The van der Waals surface area contributed by atoms with Gasteiger partial charge in [0.25, 0.3) is 0 Å². The highest BCUT2D eigenvalue weighted by Crippen LogP contribution is 2.47. The van der Waals surface area contributed by atoms with Gasteiger partial charge in [0.15, 0.2) is 0 Å². The number of carbonyl (C=O) groups excluding carboxylic acids is 2. The van der Waals surface area contributed by atoms with Gasteiger partial charge in [-0.3, -0.25) is 9.59 Å². The minimum Gasteiger partial charge on any atom is -0.372 e. The zero-order valence-electron chi connectivity index (χ0n) is 16.3. The van der Waals surface area contributed by atoms with Crippen LogP contribution in [0.25, 0.3) is 0 Å². The molecule has 2 amide bonds. The summed E-state index contributed by atoms with van der Waals surface area (Å²) >= 11 is 0. The van der Waals surface area contributed by atoms with Crippen molar-refractivity contribution in [2.45, 2.75) is 39.2 Å². The summed E-state index contributed by atoms with van der Waals surface area (Å²) < 4.78 is 0. The number of anilines is 2. The van der Waals surface area contributed by atoms with Crippen molar-refractivity contribution in [1.29, 1.82) is 0 Å². The van der Waals surface area contributed by atoms with Crippen molar-refractivity contribution in [2.24, 2.45) is 5.41 Å². The van der Waals surface area contributed by atoms with E-state index >= 15 is 0 Å². The summed E-state index contributed by atoms with van der Waals surface area (Å²) in [7, 11) is 0. The Bertz CT molecular complexity index is 866. The molecule has 2 aromatic rings. The number of nitrogens with zero attached hydrogens (tertiary/aromatic N) is 1. The third-order valence-electron chi connectivity index (χ3n) is 5.92. The highest BCUT2D eigenvalue weighted by atomic mass is 16.2. The first-order valence-electron chi connectivity index (χ1n) is 10.1. The highest BCUT2D eigenvalue weighted by Gasteiger charge is 2.56. The van der Waals surface area contributed by atoms with Gasteiger partial charge in [-0.1, -0.05) is 24.3 Å². The first kappa shape index (κ1) is 18.5. The van der Waals surface area contributed by atoms with E-state index < -0.39 is 5.41 Å². The fraction of sp³-hybridized carbons (Fsp3) is 0.391. The number of nitrogens with one attached hydrogen (secondary N) is 2. The maximum Gasteiger partial charge on any atom is 0.240 e. The van der Waals surface area contributed by atoms with E-state index in [-0.39, 0.29) is 11.8 Å². The molecule has 0 aromatic heterocycles. The monoisotopic (exact) mass is 377 g/mol. The van der Waals surface area contributed by atoms with E-state index in [4.69, 9.17) is 0 Å². The van der Waals surface area contributed by atoms with Gasteiger partial charge >= 0.3 is 0 Å². The molecule has 2 aromatic carbocycles. The average molecular weight is 377 g/mol. The van der Waals surface area contributed by atoms with E-state index in [2.05, 4.69) is 15.5 Å². The Labute approximate surface area is 166 Å². The molecule has 2 N–H and O–H groups in total. The Balaban J connectivity index is 1.35. The molecular weight excluding hydrogens is 350 g/mol. The van der Waals surface area contributed by atoms with Gasteiger partial charge in [-0.05, 0) is 68.0 Å². The van der Waals surface area contributed by atoms with E-state index in [1.807, 2.05) is 55.5 Å². The third-order valence-corrected chi connectivity index (χ3v) is 5.92. The number of amides is 2. The standard InChI is InChI=1S/C23H27N3O2/c1-17-6-2-3-7-18(17)16-24-21(27)23(12-13-23)22(28)25-19-8-10-20(11-9-19)26-14-4-5-15-26/h2-3,6-11H,4-5,12-16H2,1H3,(H,24,27)(H,25,28). The molecule has 1 saturated carbocycles. The highest BCUT2D eigenvalue weighted by molar-refractivity contribution is 6.13. The number of carbonyl (C=O) groups is 2. The lowest BCUT2D eigenvalue weighted by Crippen LogP contribution is -2.39. The van der Waals surface area contributed by atoms with E-state index in [9.17, 15) is 9.59 Å². The van der Waals surface area contributed by atoms with Crippen LogP contribution >= 0.6 is 0 Å². The third kappa shape index (κ3) is 3.75. The lowest BCUT2D eigenvalue weighted by molar-refractivity contribution is -0.134. The summed E-state index contributed by atoms with van der Waals surface area (Å²) in [6.45, 7) is 4.66. The summed E-state index contributed by atoms with van der Waals surface area (Å²) in [4.78, 5) is 27.8. The second kappa shape index (κ2) is 7.66. The van der Waals surface area contributed by atoms with Gasteiger partial charge in [0.1, 0.15) is 5.41 Å². The largest absolute Gasteiger partial charge is 0.372 e. The zero-order valence-corrected chi connectivity index (χ0v) is 16.3. The smallest absolute Gasteiger partial charge is 0.240 e. The molecule has 2 fully saturated rings. The Morgan fingerprint density at radius 1 is 0.964 bits per heavy atom. The summed E-state index contributed by atoms with van der Waals surface area (Å²) in [6.07, 6.45) is 3.67. The topological polar surface area (TPSA) is 61.4 Å². The van der Waals surface area contributed by atoms with Crippen LogP contribution in [0.4, 0.5) is 11.4 Å². The summed E-state index contributed by atoms with van der Waals surface area (Å²) in [5.74, 6) is -0.384. The van der Waals surface area contributed by atoms with E-state index in [0.717, 1.165) is 29.9 Å². The van der Waals surface area contributed by atoms with Gasteiger partial charge in [-0.15, -0.1) is 0 Å². The molecule has 2 aliphatic rings. The second-order valence-electron chi connectivity index (χ2n) is 7.89. The molecule has 1 aliphatic heterocycles.